The molecule has 2 rings (SSSR count). The summed E-state index contributed by atoms with van der Waals surface area (Å²) in [4.78, 5) is 7.23. The van der Waals surface area contributed by atoms with Gasteiger partial charge in [0.2, 0.25) is 5.95 Å². The van der Waals surface area contributed by atoms with Crippen molar-refractivity contribution in [1.82, 2.24) is 9.97 Å². The van der Waals surface area contributed by atoms with Crippen molar-refractivity contribution in [2.45, 2.75) is 6.92 Å². The highest BCUT2D eigenvalue weighted by atomic mass is 79.9. The smallest absolute Gasteiger partial charge is 0.423 e. The van der Waals surface area contributed by atoms with Gasteiger partial charge in [0.15, 0.2) is 0 Å². The Balaban J connectivity index is 0.000000191. The average molecular weight is 347 g/mol. The lowest BCUT2D eigenvalue weighted by Gasteiger charge is -1.97. The molecule has 0 unspecified atom stereocenters. The molecular formula is C11H10BBrClFN2O2. The number of pyridine rings is 2. The second-order valence-corrected chi connectivity index (χ2v) is 4.82. The van der Waals surface area contributed by atoms with Crippen LogP contribution >= 0.6 is 27.5 Å². The first-order valence-corrected chi connectivity index (χ1v) is 6.32. The Hall–Kier alpha value is -1.02. The number of halogens is 3. The van der Waals surface area contributed by atoms with Crippen molar-refractivity contribution in [3.05, 3.63) is 51.7 Å². The van der Waals surface area contributed by atoms with Crippen LogP contribution in [-0.4, -0.2) is 27.1 Å². The molecule has 0 aromatic carbocycles. The van der Waals surface area contributed by atoms with Gasteiger partial charge in [-0.3, -0.25) is 4.98 Å². The van der Waals surface area contributed by atoms with E-state index in [1.54, 1.807) is 25.3 Å². The minimum atomic E-state index is -1.39. The van der Waals surface area contributed by atoms with Crippen LogP contribution in [0.15, 0.2) is 35.1 Å². The average Bonchev–Trinajstić information content (AvgIpc) is 2.35. The molecule has 2 heterocycles. The summed E-state index contributed by atoms with van der Waals surface area (Å²) in [5.74, 6) is -0.542. The molecule has 0 aliphatic rings. The Labute approximate surface area is 123 Å². The van der Waals surface area contributed by atoms with Gasteiger partial charge in [-0.25, -0.2) is 4.98 Å². The summed E-state index contributed by atoms with van der Waals surface area (Å²) in [5.41, 5.74) is 1.26. The molecule has 2 aromatic heterocycles. The van der Waals surface area contributed by atoms with Crippen LogP contribution in [0.5, 0.6) is 0 Å². The largest absolute Gasteiger partial charge is 0.488 e. The fourth-order valence-corrected chi connectivity index (χ4v) is 1.76. The molecule has 19 heavy (non-hydrogen) atoms. The van der Waals surface area contributed by atoms with E-state index in [9.17, 15) is 4.39 Å². The first kappa shape index (κ1) is 16.0. The minimum Gasteiger partial charge on any atom is -0.423 e. The summed E-state index contributed by atoms with van der Waals surface area (Å²) in [6.07, 6.45) is 2.80. The summed E-state index contributed by atoms with van der Waals surface area (Å²) in [6, 6.07) is 4.65. The van der Waals surface area contributed by atoms with E-state index in [0.29, 0.717) is 10.5 Å². The molecule has 8 heteroatoms. The van der Waals surface area contributed by atoms with E-state index in [1.165, 1.54) is 12.3 Å². The summed E-state index contributed by atoms with van der Waals surface area (Å²) in [5, 5.41) is 17.8. The van der Waals surface area contributed by atoms with E-state index < -0.39 is 13.1 Å². The third kappa shape index (κ3) is 5.65. The van der Waals surface area contributed by atoms with Crippen LogP contribution in [0.1, 0.15) is 5.69 Å². The molecule has 2 N–H and O–H groups in total. The lowest BCUT2D eigenvalue weighted by atomic mass is 9.81. The zero-order valence-electron chi connectivity index (χ0n) is 9.89. The molecule has 2 aromatic rings. The van der Waals surface area contributed by atoms with Crippen LogP contribution in [0.2, 0.25) is 5.02 Å². The highest BCUT2D eigenvalue weighted by Crippen LogP contribution is 2.16. The zero-order valence-corrected chi connectivity index (χ0v) is 12.2. The van der Waals surface area contributed by atoms with Crippen molar-refractivity contribution in [3.63, 3.8) is 0 Å². The summed E-state index contributed by atoms with van der Waals surface area (Å²) in [7, 11) is -1.39. The van der Waals surface area contributed by atoms with Crippen molar-refractivity contribution in [3.8, 4) is 0 Å². The summed E-state index contributed by atoms with van der Waals surface area (Å²) in [6.45, 7) is 1.80. The van der Waals surface area contributed by atoms with Gasteiger partial charge in [0.25, 0.3) is 0 Å². The van der Waals surface area contributed by atoms with Gasteiger partial charge < -0.3 is 10.0 Å². The predicted octanol–water partition coefficient (Wildman–Crippen LogP) is 1.71. The van der Waals surface area contributed by atoms with Gasteiger partial charge in [-0.15, -0.1) is 0 Å². The maximum absolute atomic E-state index is 12.3. The van der Waals surface area contributed by atoms with E-state index >= 15 is 0 Å². The molecule has 0 aliphatic heterocycles. The van der Waals surface area contributed by atoms with Crippen molar-refractivity contribution in [2.75, 3.05) is 0 Å². The monoisotopic (exact) mass is 346 g/mol. The maximum Gasteiger partial charge on any atom is 0.488 e. The van der Waals surface area contributed by atoms with E-state index in [1.807, 2.05) is 0 Å². The highest BCUT2D eigenvalue weighted by molar-refractivity contribution is 9.10. The van der Waals surface area contributed by atoms with E-state index in [-0.39, 0.29) is 4.47 Å². The number of nitrogens with zero attached hydrogens (tertiary/aromatic N) is 2. The van der Waals surface area contributed by atoms with Crippen LogP contribution in [0.3, 0.4) is 0 Å². The Morgan fingerprint density at radius 3 is 2.42 bits per heavy atom. The maximum atomic E-state index is 12.3. The molecule has 0 aliphatic carbocycles. The molecular weight excluding hydrogens is 337 g/mol. The molecule has 0 fully saturated rings. The van der Waals surface area contributed by atoms with Crippen molar-refractivity contribution < 1.29 is 14.4 Å². The highest BCUT2D eigenvalue weighted by Gasteiger charge is 2.09. The quantitative estimate of drug-likeness (QED) is 0.609. The summed E-state index contributed by atoms with van der Waals surface area (Å²) < 4.78 is 12.6. The molecule has 4 nitrogen and oxygen atoms in total. The van der Waals surface area contributed by atoms with E-state index in [0.717, 1.165) is 5.69 Å². The van der Waals surface area contributed by atoms with Crippen molar-refractivity contribution >= 4 is 40.1 Å². The van der Waals surface area contributed by atoms with Crippen LogP contribution in [0.4, 0.5) is 4.39 Å². The molecule has 0 spiro atoms. The first-order valence-electron chi connectivity index (χ1n) is 5.15. The fraction of sp³-hybridized carbons (Fsp3) is 0.0909. The third-order valence-corrected chi connectivity index (χ3v) is 2.74. The molecule has 0 saturated heterocycles. The topological polar surface area (TPSA) is 66.2 Å². The molecule has 0 bridgehead atoms. The van der Waals surface area contributed by atoms with Crippen LogP contribution in [0.25, 0.3) is 0 Å². The third-order valence-electron chi connectivity index (χ3n) is 1.98. The molecule has 0 amide bonds. The Morgan fingerprint density at radius 2 is 2.00 bits per heavy atom. The number of hydrogen-bond acceptors (Lipinski definition) is 4. The van der Waals surface area contributed by atoms with Gasteiger partial charge in [-0.2, -0.15) is 4.39 Å². The zero-order chi connectivity index (χ0) is 14.4. The summed E-state index contributed by atoms with van der Waals surface area (Å²) >= 11 is 8.38. The van der Waals surface area contributed by atoms with Crippen LogP contribution in [-0.2, 0) is 0 Å². The lowest BCUT2D eigenvalue weighted by Crippen LogP contribution is -2.29. The Morgan fingerprint density at radius 1 is 1.32 bits per heavy atom. The normalized spacial score (nSPS) is 9.58. The van der Waals surface area contributed by atoms with Gasteiger partial charge in [0.05, 0.1) is 9.50 Å². The van der Waals surface area contributed by atoms with Gasteiger partial charge >= 0.3 is 7.12 Å². The number of rotatable bonds is 1. The number of aromatic nitrogens is 2. The van der Waals surface area contributed by atoms with E-state index in [4.69, 9.17) is 21.6 Å². The molecule has 100 valence electrons. The predicted molar refractivity (Wildman–Crippen MR) is 75.7 cm³/mol. The fourth-order valence-electron chi connectivity index (χ4n) is 1.13. The van der Waals surface area contributed by atoms with Crippen molar-refractivity contribution in [1.29, 1.82) is 0 Å². The second kappa shape index (κ2) is 7.54. The van der Waals surface area contributed by atoms with Gasteiger partial charge in [-0.1, -0.05) is 11.6 Å². The Kier molecular flexibility index (Phi) is 6.37. The van der Waals surface area contributed by atoms with Gasteiger partial charge in [0, 0.05) is 18.1 Å². The van der Waals surface area contributed by atoms with Crippen LogP contribution < -0.4 is 5.46 Å². The second-order valence-electron chi connectivity index (χ2n) is 3.53. The lowest BCUT2D eigenvalue weighted by molar-refractivity contribution is 0.425. The standard InChI is InChI=1S/C6H8BNO2.C5H2BrClFN/c1-5-4-6(7(9)10)2-3-8-5;6-4-1-3(7)2-9-5(4)8/h2-4,9-10H,1H3;1-2H. The Bertz CT molecular complexity index is 560. The molecule has 0 atom stereocenters. The van der Waals surface area contributed by atoms with E-state index in [2.05, 4.69) is 25.9 Å². The number of hydrogen-bond donors (Lipinski definition) is 2. The van der Waals surface area contributed by atoms with Crippen molar-refractivity contribution in [2.24, 2.45) is 0 Å². The first-order chi connectivity index (χ1) is 8.90. The van der Waals surface area contributed by atoms with Gasteiger partial charge in [-0.05, 0) is 46.5 Å². The van der Waals surface area contributed by atoms with Gasteiger partial charge in [0.1, 0.15) is 0 Å². The SMILES string of the molecule is Cc1cc(B(O)O)ccn1.Fc1ncc(Cl)cc1Br. The van der Waals surface area contributed by atoms with Crippen LogP contribution in [0, 0.1) is 12.9 Å². The minimum absolute atomic E-state index is 0.287. The number of aryl methyl sites for hydroxylation is 1. The molecule has 0 saturated carbocycles. The molecule has 0 radical (unpaired) electrons.